The van der Waals surface area contributed by atoms with Crippen LogP contribution in [0.3, 0.4) is 0 Å². The second-order valence-electron chi connectivity index (χ2n) is 7.64. The second-order valence-corrected chi connectivity index (χ2v) is 7.64. The standard InChI is InChI=1S/C21H30N4O2/c1-16-5-7-17(8-6-16)20-19(22-15-27-20)21(26)25(4)14-13-24(3)18-9-11-23(2)12-10-18/h5-8,15,18H,9-14H2,1-4H3. The molecule has 1 aliphatic rings. The van der Waals surface area contributed by atoms with Gasteiger partial charge in [-0.3, -0.25) is 4.79 Å². The number of hydrogen-bond donors (Lipinski definition) is 0. The maximum atomic E-state index is 12.9. The van der Waals surface area contributed by atoms with Gasteiger partial charge in [-0.05, 0) is 47.0 Å². The molecule has 0 N–H and O–H groups in total. The summed E-state index contributed by atoms with van der Waals surface area (Å²) in [5, 5.41) is 0. The van der Waals surface area contributed by atoms with Crippen molar-refractivity contribution in [2.45, 2.75) is 25.8 Å². The Kier molecular flexibility index (Phi) is 6.29. The van der Waals surface area contributed by atoms with Crippen molar-refractivity contribution < 1.29 is 9.21 Å². The quantitative estimate of drug-likeness (QED) is 0.783. The molecule has 27 heavy (non-hydrogen) atoms. The van der Waals surface area contributed by atoms with Gasteiger partial charge in [0.25, 0.3) is 5.91 Å². The summed E-state index contributed by atoms with van der Waals surface area (Å²) in [6, 6.07) is 8.53. The van der Waals surface area contributed by atoms with Crippen LogP contribution in [-0.2, 0) is 0 Å². The Balaban J connectivity index is 1.59. The van der Waals surface area contributed by atoms with Gasteiger partial charge in [0.1, 0.15) is 0 Å². The zero-order chi connectivity index (χ0) is 19.4. The first-order chi connectivity index (χ1) is 13.0. The zero-order valence-corrected chi connectivity index (χ0v) is 16.8. The molecule has 6 heteroatoms. The molecule has 0 atom stereocenters. The predicted molar refractivity (Wildman–Crippen MR) is 107 cm³/mol. The first-order valence-corrected chi connectivity index (χ1v) is 9.60. The first kappa shape index (κ1) is 19.6. The maximum absolute atomic E-state index is 12.9. The monoisotopic (exact) mass is 370 g/mol. The van der Waals surface area contributed by atoms with Crippen LogP contribution in [0.1, 0.15) is 28.9 Å². The van der Waals surface area contributed by atoms with Crippen molar-refractivity contribution in [2.24, 2.45) is 0 Å². The summed E-state index contributed by atoms with van der Waals surface area (Å²) in [4.78, 5) is 23.5. The highest BCUT2D eigenvalue weighted by molar-refractivity contribution is 5.97. The molecule has 2 aromatic rings. The molecular formula is C21H30N4O2. The lowest BCUT2D eigenvalue weighted by molar-refractivity contribution is 0.0754. The Bertz CT molecular complexity index is 748. The molecule has 6 nitrogen and oxygen atoms in total. The molecule has 0 radical (unpaired) electrons. The fourth-order valence-electron chi connectivity index (χ4n) is 3.52. The lowest BCUT2D eigenvalue weighted by atomic mass is 10.0. The number of carbonyl (C=O) groups excluding carboxylic acids is 1. The van der Waals surface area contributed by atoms with Crippen LogP contribution in [0.5, 0.6) is 0 Å². The number of hydrogen-bond acceptors (Lipinski definition) is 5. The number of aryl methyl sites for hydroxylation is 1. The molecule has 1 aliphatic heterocycles. The number of aromatic nitrogens is 1. The van der Waals surface area contributed by atoms with Crippen molar-refractivity contribution in [1.82, 2.24) is 19.7 Å². The van der Waals surface area contributed by atoms with Gasteiger partial charge in [-0.15, -0.1) is 0 Å². The SMILES string of the molecule is Cc1ccc(-c2ocnc2C(=O)N(C)CCN(C)C2CCN(C)CC2)cc1. The van der Waals surface area contributed by atoms with Crippen molar-refractivity contribution in [1.29, 1.82) is 0 Å². The largest absolute Gasteiger partial charge is 0.443 e. The number of nitrogens with zero attached hydrogens (tertiary/aromatic N) is 4. The molecule has 0 spiro atoms. The number of piperidine rings is 1. The minimum atomic E-state index is -0.101. The number of carbonyl (C=O) groups is 1. The highest BCUT2D eigenvalue weighted by Crippen LogP contribution is 2.24. The summed E-state index contributed by atoms with van der Waals surface area (Å²) in [5.74, 6) is 0.437. The molecule has 1 saturated heterocycles. The molecular weight excluding hydrogens is 340 g/mol. The highest BCUT2D eigenvalue weighted by Gasteiger charge is 2.24. The summed E-state index contributed by atoms with van der Waals surface area (Å²) in [5.41, 5.74) is 2.42. The molecule has 0 unspecified atom stereocenters. The minimum Gasteiger partial charge on any atom is -0.443 e. The Morgan fingerprint density at radius 3 is 2.52 bits per heavy atom. The van der Waals surface area contributed by atoms with E-state index in [2.05, 4.69) is 28.9 Å². The van der Waals surface area contributed by atoms with E-state index in [9.17, 15) is 4.79 Å². The number of oxazole rings is 1. The number of likely N-dealkylation sites (N-methyl/N-ethyl adjacent to an activating group) is 2. The van der Waals surface area contributed by atoms with E-state index in [1.54, 1.807) is 4.90 Å². The fourth-order valence-corrected chi connectivity index (χ4v) is 3.52. The van der Waals surface area contributed by atoms with Crippen LogP contribution < -0.4 is 0 Å². The van der Waals surface area contributed by atoms with E-state index in [1.807, 2.05) is 38.2 Å². The summed E-state index contributed by atoms with van der Waals surface area (Å²) in [6.07, 6.45) is 3.72. The molecule has 3 rings (SSSR count). The molecule has 1 amide bonds. The summed E-state index contributed by atoms with van der Waals surface area (Å²) < 4.78 is 5.52. The average molecular weight is 370 g/mol. The molecule has 1 aromatic carbocycles. The van der Waals surface area contributed by atoms with E-state index in [1.165, 1.54) is 24.8 Å². The average Bonchev–Trinajstić information content (AvgIpc) is 3.16. The molecule has 1 aromatic heterocycles. The summed E-state index contributed by atoms with van der Waals surface area (Å²) in [6.45, 7) is 5.84. The van der Waals surface area contributed by atoms with E-state index in [-0.39, 0.29) is 5.91 Å². The number of benzene rings is 1. The van der Waals surface area contributed by atoms with Crippen LogP contribution in [0.2, 0.25) is 0 Å². The van der Waals surface area contributed by atoms with Crippen LogP contribution in [0.25, 0.3) is 11.3 Å². The molecule has 146 valence electrons. The normalized spacial score (nSPS) is 16.0. The van der Waals surface area contributed by atoms with Crippen molar-refractivity contribution in [2.75, 3.05) is 47.3 Å². The van der Waals surface area contributed by atoms with Crippen LogP contribution in [-0.4, -0.2) is 79.0 Å². The van der Waals surface area contributed by atoms with Gasteiger partial charge >= 0.3 is 0 Å². The third kappa shape index (κ3) is 4.76. The van der Waals surface area contributed by atoms with Gasteiger partial charge in [-0.1, -0.05) is 29.8 Å². The van der Waals surface area contributed by atoms with Gasteiger partial charge in [-0.25, -0.2) is 4.98 Å². The third-order valence-corrected chi connectivity index (χ3v) is 5.53. The van der Waals surface area contributed by atoms with Crippen LogP contribution >= 0.6 is 0 Å². The summed E-state index contributed by atoms with van der Waals surface area (Å²) in [7, 11) is 6.16. The highest BCUT2D eigenvalue weighted by atomic mass is 16.3. The lowest BCUT2D eigenvalue weighted by Crippen LogP contribution is -2.44. The van der Waals surface area contributed by atoms with E-state index in [0.29, 0.717) is 24.0 Å². The topological polar surface area (TPSA) is 52.8 Å². The third-order valence-electron chi connectivity index (χ3n) is 5.53. The van der Waals surface area contributed by atoms with Gasteiger partial charge < -0.3 is 19.1 Å². The molecule has 0 aliphatic carbocycles. The van der Waals surface area contributed by atoms with Crippen molar-refractivity contribution >= 4 is 5.91 Å². The van der Waals surface area contributed by atoms with Gasteiger partial charge in [-0.2, -0.15) is 0 Å². The number of amides is 1. The van der Waals surface area contributed by atoms with Gasteiger partial charge in [0.2, 0.25) is 0 Å². The lowest BCUT2D eigenvalue weighted by Gasteiger charge is -2.35. The second kappa shape index (κ2) is 8.67. The zero-order valence-electron chi connectivity index (χ0n) is 16.8. The van der Waals surface area contributed by atoms with Crippen molar-refractivity contribution in [3.63, 3.8) is 0 Å². The Labute approximate surface area is 161 Å². The predicted octanol–water partition coefficient (Wildman–Crippen LogP) is 2.75. The maximum Gasteiger partial charge on any atom is 0.276 e. The van der Waals surface area contributed by atoms with Gasteiger partial charge in [0, 0.05) is 31.7 Å². The fraction of sp³-hybridized carbons (Fsp3) is 0.524. The van der Waals surface area contributed by atoms with Gasteiger partial charge in [0.15, 0.2) is 17.8 Å². The van der Waals surface area contributed by atoms with Crippen molar-refractivity contribution in [3.8, 4) is 11.3 Å². The summed E-state index contributed by atoms with van der Waals surface area (Å²) >= 11 is 0. The van der Waals surface area contributed by atoms with Crippen LogP contribution in [0, 0.1) is 6.92 Å². The van der Waals surface area contributed by atoms with Crippen LogP contribution in [0.15, 0.2) is 35.1 Å². The van der Waals surface area contributed by atoms with E-state index >= 15 is 0 Å². The molecule has 0 bridgehead atoms. The molecule has 0 saturated carbocycles. The minimum absolute atomic E-state index is 0.101. The van der Waals surface area contributed by atoms with Crippen LogP contribution in [0.4, 0.5) is 0 Å². The first-order valence-electron chi connectivity index (χ1n) is 9.60. The van der Waals surface area contributed by atoms with Crippen molar-refractivity contribution in [3.05, 3.63) is 41.9 Å². The van der Waals surface area contributed by atoms with E-state index < -0.39 is 0 Å². The Morgan fingerprint density at radius 1 is 1.19 bits per heavy atom. The Morgan fingerprint density at radius 2 is 1.85 bits per heavy atom. The van der Waals surface area contributed by atoms with Gasteiger partial charge in [0.05, 0.1) is 0 Å². The Hall–Kier alpha value is -2.18. The van der Waals surface area contributed by atoms with E-state index in [4.69, 9.17) is 4.42 Å². The molecule has 2 heterocycles. The molecule has 1 fully saturated rings. The smallest absolute Gasteiger partial charge is 0.276 e. The number of rotatable bonds is 6. The number of likely N-dealkylation sites (tertiary alicyclic amines) is 1. The van der Waals surface area contributed by atoms with E-state index in [0.717, 1.165) is 25.2 Å².